The van der Waals surface area contributed by atoms with Crippen molar-refractivity contribution in [3.8, 4) is 5.75 Å². The highest BCUT2D eigenvalue weighted by atomic mass is 16.5. The molecule has 22 heavy (non-hydrogen) atoms. The van der Waals surface area contributed by atoms with E-state index in [0.29, 0.717) is 6.61 Å². The molecule has 2 aromatic rings. The number of para-hydroxylation sites is 1. The van der Waals surface area contributed by atoms with Crippen LogP contribution >= 0.6 is 0 Å². The topological polar surface area (TPSA) is 24.5 Å². The van der Waals surface area contributed by atoms with E-state index in [0.717, 1.165) is 17.1 Å². The minimum Gasteiger partial charge on any atom is -0.490 e. The maximum Gasteiger partial charge on any atom is 0.119 e. The van der Waals surface area contributed by atoms with Crippen molar-refractivity contribution in [2.45, 2.75) is 13.0 Å². The summed E-state index contributed by atoms with van der Waals surface area (Å²) in [4.78, 5) is 0. The average Bonchev–Trinajstić information content (AvgIpc) is 2.96. The van der Waals surface area contributed by atoms with Crippen LogP contribution in [-0.4, -0.2) is 6.61 Å². The zero-order chi connectivity index (χ0) is 15.4. The van der Waals surface area contributed by atoms with Gasteiger partial charge in [-0.3, -0.25) is 5.01 Å². The average molecular weight is 292 g/mol. The molecule has 3 rings (SSSR count). The molecule has 112 valence electrons. The summed E-state index contributed by atoms with van der Waals surface area (Å²) >= 11 is 0. The van der Waals surface area contributed by atoms with Crippen LogP contribution in [0.4, 0.5) is 5.69 Å². The number of rotatable bonds is 5. The number of nitrogens with zero attached hydrogens (tertiary/aromatic N) is 1. The standard InChI is InChI=1S/C19H20N2O/c1-3-13-22-18-11-9-16(10-12-18)19-14-15(2)20-21(19)17-7-5-4-6-8-17/h3-12,14,19-20H,1,13H2,2H3/t19-/m1/s1. The second kappa shape index (κ2) is 6.39. The Morgan fingerprint density at radius 3 is 2.55 bits per heavy atom. The number of hydrogen-bond donors (Lipinski definition) is 1. The quantitative estimate of drug-likeness (QED) is 0.835. The predicted molar refractivity (Wildman–Crippen MR) is 90.7 cm³/mol. The second-order valence-corrected chi connectivity index (χ2v) is 5.28. The minimum atomic E-state index is 0.177. The molecule has 0 aromatic heterocycles. The Hall–Kier alpha value is -2.68. The van der Waals surface area contributed by atoms with Crippen LogP contribution in [0.2, 0.25) is 0 Å². The molecule has 0 saturated heterocycles. The lowest BCUT2D eigenvalue weighted by molar-refractivity contribution is 0.363. The number of nitrogens with one attached hydrogen (secondary N) is 1. The van der Waals surface area contributed by atoms with Crippen LogP contribution in [-0.2, 0) is 0 Å². The van der Waals surface area contributed by atoms with E-state index >= 15 is 0 Å². The van der Waals surface area contributed by atoms with Crippen LogP contribution in [0.25, 0.3) is 0 Å². The van der Waals surface area contributed by atoms with Crippen molar-refractivity contribution in [1.82, 2.24) is 5.43 Å². The molecule has 1 aliphatic rings. The summed E-state index contributed by atoms with van der Waals surface area (Å²) in [6.07, 6.45) is 3.98. The SMILES string of the molecule is C=CCOc1ccc([C@H]2C=C(C)NN2c2ccccc2)cc1. The van der Waals surface area contributed by atoms with Gasteiger partial charge in [0.25, 0.3) is 0 Å². The number of hydrazine groups is 1. The zero-order valence-corrected chi connectivity index (χ0v) is 12.7. The lowest BCUT2D eigenvalue weighted by atomic mass is 10.1. The van der Waals surface area contributed by atoms with Gasteiger partial charge in [0, 0.05) is 5.70 Å². The van der Waals surface area contributed by atoms with Crippen LogP contribution in [0.5, 0.6) is 5.75 Å². The number of allylic oxidation sites excluding steroid dienone is 1. The molecule has 0 bridgehead atoms. The van der Waals surface area contributed by atoms with Crippen LogP contribution in [0.15, 0.2) is 79.0 Å². The molecule has 0 unspecified atom stereocenters. The molecule has 0 spiro atoms. The first kappa shape index (κ1) is 14.3. The molecule has 3 nitrogen and oxygen atoms in total. The van der Waals surface area contributed by atoms with Crippen molar-refractivity contribution >= 4 is 5.69 Å². The Kier molecular flexibility index (Phi) is 4.15. The van der Waals surface area contributed by atoms with Crippen molar-refractivity contribution in [1.29, 1.82) is 0 Å². The first-order valence-electron chi connectivity index (χ1n) is 7.41. The van der Waals surface area contributed by atoms with E-state index in [2.05, 4.69) is 54.3 Å². The van der Waals surface area contributed by atoms with Gasteiger partial charge < -0.3 is 10.2 Å². The number of benzene rings is 2. The normalized spacial score (nSPS) is 16.9. The summed E-state index contributed by atoms with van der Waals surface area (Å²) in [6, 6.07) is 18.7. The van der Waals surface area contributed by atoms with Crippen molar-refractivity contribution in [3.05, 3.63) is 84.6 Å². The van der Waals surface area contributed by atoms with Gasteiger partial charge >= 0.3 is 0 Å². The zero-order valence-electron chi connectivity index (χ0n) is 12.7. The van der Waals surface area contributed by atoms with Crippen LogP contribution < -0.4 is 15.2 Å². The fraction of sp³-hybridized carbons (Fsp3) is 0.158. The molecular formula is C19H20N2O. The largest absolute Gasteiger partial charge is 0.490 e. The minimum absolute atomic E-state index is 0.177. The smallest absolute Gasteiger partial charge is 0.119 e. The third-order valence-corrected chi connectivity index (χ3v) is 3.61. The highest BCUT2D eigenvalue weighted by Crippen LogP contribution is 2.32. The van der Waals surface area contributed by atoms with Crippen LogP contribution in [0, 0.1) is 0 Å². The Labute approximate surface area is 131 Å². The monoisotopic (exact) mass is 292 g/mol. The van der Waals surface area contributed by atoms with Crippen LogP contribution in [0.3, 0.4) is 0 Å². The van der Waals surface area contributed by atoms with Crippen LogP contribution in [0.1, 0.15) is 18.5 Å². The van der Waals surface area contributed by atoms with E-state index in [4.69, 9.17) is 4.74 Å². The molecule has 0 saturated carbocycles. The number of anilines is 1. The molecule has 1 aliphatic heterocycles. The summed E-state index contributed by atoms with van der Waals surface area (Å²) in [5, 5.41) is 2.18. The molecule has 1 atom stereocenters. The molecule has 1 heterocycles. The highest BCUT2D eigenvalue weighted by molar-refractivity contribution is 5.52. The lowest BCUT2D eigenvalue weighted by Crippen LogP contribution is -2.33. The Morgan fingerprint density at radius 2 is 1.86 bits per heavy atom. The molecule has 1 N–H and O–H groups in total. The van der Waals surface area contributed by atoms with E-state index < -0.39 is 0 Å². The number of hydrogen-bond acceptors (Lipinski definition) is 3. The molecule has 0 radical (unpaired) electrons. The molecule has 0 fully saturated rings. The first-order valence-corrected chi connectivity index (χ1v) is 7.41. The van der Waals surface area contributed by atoms with Gasteiger partial charge in [-0.05, 0) is 42.8 Å². The van der Waals surface area contributed by atoms with E-state index in [-0.39, 0.29) is 6.04 Å². The Morgan fingerprint density at radius 1 is 1.14 bits per heavy atom. The molecule has 0 amide bonds. The van der Waals surface area contributed by atoms with Crippen molar-refractivity contribution < 1.29 is 4.74 Å². The number of ether oxygens (including phenoxy) is 1. The van der Waals surface area contributed by atoms with Gasteiger partial charge in [0.1, 0.15) is 12.4 Å². The van der Waals surface area contributed by atoms with Gasteiger partial charge in [-0.25, -0.2) is 0 Å². The maximum absolute atomic E-state index is 5.54. The lowest BCUT2D eigenvalue weighted by Gasteiger charge is -2.27. The summed E-state index contributed by atoms with van der Waals surface area (Å²) < 4.78 is 5.54. The molecule has 2 aromatic carbocycles. The predicted octanol–water partition coefficient (Wildman–Crippen LogP) is 4.22. The Balaban J connectivity index is 1.83. The van der Waals surface area contributed by atoms with Gasteiger partial charge in [-0.2, -0.15) is 0 Å². The molecule has 3 heteroatoms. The second-order valence-electron chi connectivity index (χ2n) is 5.28. The van der Waals surface area contributed by atoms with E-state index in [1.54, 1.807) is 6.08 Å². The van der Waals surface area contributed by atoms with Gasteiger partial charge in [-0.15, -0.1) is 0 Å². The van der Waals surface area contributed by atoms with Gasteiger partial charge in [0.15, 0.2) is 0 Å². The van der Waals surface area contributed by atoms with Crippen molar-refractivity contribution in [3.63, 3.8) is 0 Å². The van der Waals surface area contributed by atoms with E-state index in [1.807, 2.05) is 30.3 Å². The maximum atomic E-state index is 5.54. The van der Waals surface area contributed by atoms with Crippen molar-refractivity contribution in [2.24, 2.45) is 0 Å². The summed E-state index contributed by atoms with van der Waals surface area (Å²) in [6.45, 7) is 6.27. The molecule has 0 aliphatic carbocycles. The van der Waals surface area contributed by atoms with Gasteiger partial charge in [-0.1, -0.05) is 43.0 Å². The fourth-order valence-electron chi connectivity index (χ4n) is 2.58. The van der Waals surface area contributed by atoms with Gasteiger partial charge in [0.2, 0.25) is 0 Å². The summed E-state index contributed by atoms with van der Waals surface area (Å²) in [5.74, 6) is 0.863. The van der Waals surface area contributed by atoms with E-state index in [1.165, 1.54) is 5.56 Å². The van der Waals surface area contributed by atoms with E-state index in [9.17, 15) is 0 Å². The third kappa shape index (κ3) is 2.98. The fourth-order valence-corrected chi connectivity index (χ4v) is 2.58. The summed E-state index contributed by atoms with van der Waals surface area (Å²) in [7, 11) is 0. The summed E-state index contributed by atoms with van der Waals surface area (Å²) in [5.41, 5.74) is 6.94. The van der Waals surface area contributed by atoms with Gasteiger partial charge in [0.05, 0.1) is 11.7 Å². The Bertz CT molecular complexity index is 662. The highest BCUT2D eigenvalue weighted by Gasteiger charge is 2.24. The molecular weight excluding hydrogens is 272 g/mol. The van der Waals surface area contributed by atoms with Crippen molar-refractivity contribution in [2.75, 3.05) is 11.6 Å². The third-order valence-electron chi connectivity index (χ3n) is 3.61. The first-order chi connectivity index (χ1) is 10.8.